The SMILES string of the molecule is CC1=CC=CC(C)(c2cc(-c3ccncc3)c3ccc4cccc5ccc2c3c45)C1. The number of hydrogen-bond donors (Lipinski definition) is 0. The van der Waals surface area contributed by atoms with Crippen LogP contribution in [0.2, 0.25) is 0 Å². The van der Waals surface area contributed by atoms with Crippen LogP contribution in [0.1, 0.15) is 25.8 Å². The van der Waals surface area contributed by atoms with Gasteiger partial charge in [-0.05, 0) is 80.6 Å². The van der Waals surface area contributed by atoms with Gasteiger partial charge in [-0.25, -0.2) is 0 Å². The van der Waals surface area contributed by atoms with Gasteiger partial charge in [0.25, 0.3) is 0 Å². The second kappa shape index (κ2) is 6.27. The Hall–Kier alpha value is -3.45. The van der Waals surface area contributed by atoms with Crippen LogP contribution >= 0.6 is 0 Å². The molecule has 1 nitrogen and oxygen atoms in total. The van der Waals surface area contributed by atoms with Gasteiger partial charge in [0.05, 0.1) is 0 Å². The van der Waals surface area contributed by atoms with E-state index < -0.39 is 0 Å². The molecule has 0 saturated carbocycles. The Morgan fingerprint density at radius 3 is 2.30 bits per heavy atom. The van der Waals surface area contributed by atoms with E-state index in [0.29, 0.717) is 0 Å². The molecule has 30 heavy (non-hydrogen) atoms. The van der Waals surface area contributed by atoms with Crippen LogP contribution in [0, 0.1) is 0 Å². The van der Waals surface area contributed by atoms with Crippen LogP contribution in [-0.2, 0) is 5.41 Å². The van der Waals surface area contributed by atoms with E-state index in [9.17, 15) is 0 Å². The highest BCUT2D eigenvalue weighted by Crippen LogP contribution is 2.46. The van der Waals surface area contributed by atoms with E-state index in [1.165, 1.54) is 54.6 Å². The molecule has 0 N–H and O–H groups in total. The van der Waals surface area contributed by atoms with Gasteiger partial charge < -0.3 is 0 Å². The largest absolute Gasteiger partial charge is 0.265 e. The monoisotopic (exact) mass is 385 g/mol. The summed E-state index contributed by atoms with van der Waals surface area (Å²) in [5.74, 6) is 0. The van der Waals surface area contributed by atoms with Crippen LogP contribution in [0.15, 0.2) is 96.9 Å². The van der Waals surface area contributed by atoms with Crippen molar-refractivity contribution < 1.29 is 0 Å². The van der Waals surface area contributed by atoms with E-state index >= 15 is 0 Å². The molecule has 0 radical (unpaired) electrons. The fourth-order valence-electron chi connectivity index (χ4n) is 5.38. The second-order valence-electron chi connectivity index (χ2n) is 8.85. The molecule has 0 amide bonds. The summed E-state index contributed by atoms with van der Waals surface area (Å²) in [6.45, 7) is 4.62. The van der Waals surface area contributed by atoms with Gasteiger partial charge in [-0.3, -0.25) is 4.98 Å². The lowest BCUT2D eigenvalue weighted by atomic mass is 9.71. The molecule has 1 aromatic heterocycles. The molecule has 0 fully saturated rings. The molecule has 0 aliphatic heterocycles. The van der Waals surface area contributed by atoms with Crippen molar-refractivity contribution >= 4 is 32.3 Å². The molecule has 1 unspecified atom stereocenters. The summed E-state index contributed by atoms with van der Waals surface area (Å²) in [5.41, 5.74) is 5.32. The number of nitrogens with zero attached hydrogens (tertiary/aromatic N) is 1. The molecule has 0 saturated heterocycles. The first kappa shape index (κ1) is 17.4. The van der Waals surface area contributed by atoms with Crippen LogP contribution in [0.5, 0.6) is 0 Å². The Morgan fingerprint density at radius 1 is 0.833 bits per heavy atom. The van der Waals surface area contributed by atoms with Gasteiger partial charge in [0.15, 0.2) is 0 Å². The molecule has 1 aliphatic rings. The molecule has 1 heteroatoms. The molecule has 5 aromatic rings. The van der Waals surface area contributed by atoms with Crippen molar-refractivity contribution in [1.29, 1.82) is 0 Å². The highest BCUT2D eigenvalue weighted by molar-refractivity contribution is 6.26. The summed E-state index contributed by atoms with van der Waals surface area (Å²) in [6, 6.07) is 22.5. The standard InChI is InChI=1S/C29H23N/c1-19-5-4-14-29(2,18-19)26-17-25(20-12-15-30-16-13-20)23-10-8-21-6-3-7-22-9-11-24(26)28(23)27(21)22/h3-17H,18H2,1-2H3. The number of hydrogen-bond acceptors (Lipinski definition) is 1. The first-order valence-electron chi connectivity index (χ1n) is 10.6. The van der Waals surface area contributed by atoms with Crippen LogP contribution in [-0.4, -0.2) is 4.98 Å². The Bertz CT molecular complexity index is 1460. The maximum atomic E-state index is 4.25. The molecule has 0 bridgehead atoms. The van der Waals surface area contributed by atoms with Crippen LogP contribution in [0.3, 0.4) is 0 Å². The summed E-state index contributed by atoms with van der Waals surface area (Å²) >= 11 is 0. The quantitative estimate of drug-likeness (QED) is 0.282. The van der Waals surface area contributed by atoms with Gasteiger partial charge in [0.2, 0.25) is 0 Å². The van der Waals surface area contributed by atoms with Gasteiger partial charge in [0, 0.05) is 17.8 Å². The van der Waals surface area contributed by atoms with Crippen molar-refractivity contribution in [2.75, 3.05) is 0 Å². The zero-order valence-corrected chi connectivity index (χ0v) is 17.3. The first-order valence-corrected chi connectivity index (χ1v) is 10.6. The van der Waals surface area contributed by atoms with Gasteiger partial charge in [-0.2, -0.15) is 0 Å². The minimum absolute atomic E-state index is 0.0249. The second-order valence-corrected chi connectivity index (χ2v) is 8.85. The number of aromatic nitrogens is 1. The van der Waals surface area contributed by atoms with Crippen molar-refractivity contribution in [3.63, 3.8) is 0 Å². The third-order valence-corrected chi connectivity index (χ3v) is 6.74. The molecule has 144 valence electrons. The highest BCUT2D eigenvalue weighted by atomic mass is 14.6. The number of rotatable bonds is 2. The van der Waals surface area contributed by atoms with Gasteiger partial charge in [-0.1, -0.05) is 73.2 Å². The lowest BCUT2D eigenvalue weighted by Gasteiger charge is -2.32. The van der Waals surface area contributed by atoms with E-state index in [1.807, 2.05) is 12.4 Å². The predicted octanol–water partition coefficient (Wildman–Crippen LogP) is 7.81. The van der Waals surface area contributed by atoms with Gasteiger partial charge in [-0.15, -0.1) is 0 Å². The zero-order chi connectivity index (χ0) is 20.3. The smallest absolute Gasteiger partial charge is 0.0273 e. The summed E-state index contributed by atoms with van der Waals surface area (Å²) < 4.78 is 0. The van der Waals surface area contributed by atoms with Crippen LogP contribution in [0.25, 0.3) is 43.4 Å². The van der Waals surface area contributed by atoms with E-state index in [-0.39, 0.29) is 5.41 Å². The maximum absolute atomic E-state index is 4.25. The van der Waals surface area contributed by atoms with E-state index in [1.54, 1.807) is 0 Å². The fourth-order valence-corrected chi connectivity index (χ4v) is 5.38. The number of benzene rings is 4. The van der Waals surface area contributed by atoms with Crippen molar-refractivity contribution in [2.45, 2.75) is 25.7 Å². The number of pyridine rings is 1. The average molecular weight is 386 g/mol. The first-order chi connectivity index (χ1) is 14.6. The predicted molar refractivity (Wildman–Crippen MR) is 128 cm³/mol. The van der Waals surface area contributed by atoms with Crippen LogP contribution in [0.4, 0.5) is 0 Å². The van der Waals surface area contributed by atoms with Crippen LogP contribution < -0.4 is 0 Å². The minimum atomic E-state index is -0.0249. The lowest BCUT2D eigenvalue weighted by Crippen LogP contribution is -2.22. The van der Waals surface area contributed by atoms with Crippen molar-refractivity contribution in [3.8, 4) is 11.1 Å². The summed E-state index contributed by atoms with van der Waals surface area (Å²) in [5, 5.41) is 8.07. The summed E-state index contributed by atoms with van der Waals surface area (Å²) in [6.07, 6.45) is 11.7. The maximum Gasteiger partial charge on any atom is 0.0273 e. The molecule has 1 aliphatic carbocycles. The Kier molecular flexibility index (Phi) is 3.64. The molecular weight excluding hydrogens is 362 g/mol. The van der Waals surface area contributed by atoms with Gasteiger partial charge >= 0.3 is 0 Å². The third kappa shape index (κ3) is 2.45. The molecular formula is C29H23N. The minimum Gasteiger partial charge on any atom is -0.265 e. The van der Waals surface area contributed by atoms with E-state index in [2.05, 4.69) is 97.7 Å². The highest BCUT2D eigenvalue weighted by Gasteiger charge is 2.29. The Labute approximate surface area is 176 Å². The fraction of sp³-hybridized carbons (Fsp3) is 0.138. The van der Waals surface area contributed by atoms with Crippen molar-refractivity contribution in [3.05, 3.63) is 102 Å². The average Bonchev–Trinajstić information content (AvgIpc) is 2.77. The summed E-state index contributed by atoms with van der Waals surface area (Å²) in [4.78, 5) is 4.25. The molecule has 1 atom stereocenters. The molecule has 4 aromatic carbocycles. The Morgan fingerprint density at radius 2 is 1.57 bits per heavy atom. The molecule has 1 heterocycles. The topological polar surface area (TPSA) is 12.9 Å². The molecule has 0 spiro atoms. The van der Waals surface area contributed by atoms with E-state index in [4.69, 9.17) is 0 Å². The van der Waals surface area contributed by atoms with Crippen molar-refractivity contribution in [1.82, 2.24) is 4.98 Å². The number of allylic oxidation sites excluding steroid dienone is 4. The molecule has 6 rings (SSSR count). The normalized spacial score (nSPS) is 19.1. The third-order valence-electron chi connectivity index (χ3n) is 6.74. The van der Waals surface area contributed by atoms with E-state index in [0.717, 1.165) is 6.42 Å². The van der Waals surface area contributed by atoms with Crippen molar-refractivity contribution in [2.24, 2.45) is 0 Å². The summed E-state index contributed by atoms with van der Waals surface area (Å²) in [7, 11) is 0. The zero-order valence-electron chi connectivity index (χ0n) is 17.3. The lowest BCUT2D eigenvalue weighted by molar-refractivity contribution is 0.586. The Balaban J connectivity index is 1.81. The van der Waals surface area contributed by atoms with Gasteiger partial charge in [0.1, 0.15) is 0 Å².